The molecule has 0 saturated carbocycles. The number of benzene rings is 3. The molecule has 0 fully saturated rings. The zero-order chi connectivity index (χ0) is 19.2. The van der Waals surface area contributed by atoms with Crippen molar-refractivity contribution in [3.05, 3.63) is 78.5 Å². The Balaban J connectivity index is 1.99. The van der Waals surface area contributed by atoms with Gasteiger partial charge in [0.25, 0.3) is 0 Å². The predicted molar refractivity (Wildman–Crippen MR) is 105 cm³/mol. The van der Waals surface area contributed by atoms with Crippen molar-refractivity contribution < 1.29 is 19.1 Å². The van der Waals surface area contributed by atoms with E-state index in [1.807, 2.05) is 48.5 Å². The SMILES string of the molecule is COC(=O)/C=C(/Nc1cccc(-c2cccc3ccccc23)c1)C(=O)OC. The largest absolute Gasteiger partial charge is 0.466 e. The average Bonchev–Trinajstić information content (AvgIpc) is 2.72. The molecule has 3 aromatic carbocycles. The molecule has 0 radical (unpaired) electrons. The van der Waals surface area contributed by atoms with E-state index in [9.17, 15) is 9.59 Å². The van der Waals surface area contributed by atoms with E-state index < -0.39 is 11.9 Å². The van der Waals surface area contributed by atoms with Gasteiger partial charge in [-0.25, -0.2) is 9.59 Å². The lowest BCUT2D eigenvalue weighted by atomic mass is 9.98. The van der Waals surface area contributed by atoms with Gasteiger partial charge in [0.2, 0.25) is 0 Å². The molecule has 0 saturated heterocycles. The Morgan fingerprint density at radius 2 is 1.63 bits per heavy atom. The van der Waals surface area contributed by atoms with Crippen LogP contribution in [0.25, 0.3) is 21.9 Å². The Kier molecular flexibility index (Phi) is 5.52. The van der Waals surface area contributed by atoms with Gasteiger partial charge in [-0.15, -0.1) is 0 Å². The lowest BCUT2D eigenvalue weighted by molar-refractivity contribution is -0.138. The predicted octanol–water partition coefficient (Wildman–Crippen LogP) is 4.15. The molecule has 3 aromatic rings. The second-order valence-electron chi connectivity index (χ2n) is 5.81. The van der Waals surface area contributed by atoms with Crippen LogP contribution in [-0.2, 0) is 19.1 Å². The lowest BCUT2D eigenvalue weighted by Crippen LogP contribution is -2.15. The summed E-state index contributed by atoms with van der Waals surface area (Å²) in [6.07, 6.45) is 1.07. The number of hydrogen-bond acceptors (Lipinski definition) is 5. The lowest BCUT2D eigenvalue weighted by Gasteiger charge is -2.12. The second-order valence-corrected chi connectivity index (χ2v) is 5.81. The van der Waals surface area contributed by atoms with Crippen molar-refractivity contribution in [1.82, 2.24) is 0 Å². The summed E-state index contributed by atoms with van der Waals surface area (Å²) in [5.41, 5.74) is 2.72. The molecule has 0 unspecified atom stereocenters. The number of methoxy groups -OCH3 is 2. The Bertz CT molecular complexity index is 1020. The number of anilines is 1. The molecule has 27 heavy (non-hydrogen) atoms. The van der Waals surface area contributed by atoms with Gasteiger partial charge in [-0.1, -0.05) is 54.6 Å². The Labute approximate surface area is 157 Å². The summed E-state index contributed by atoms with van der Waals surface area (Å²) in [7, 11) is 2.50. The van der Waals surface area contributed by atoms with Crippen molar-refractivity contribution >= 4 is 28.4 Å². The maximum Gasteiger partial charge on any atom is 0.354 e. The minimum absolute atomic E-state index is 0.000537. The van der Waals surface area contributed by atoms with E-state index in [0.717, 1.165) is 28.0 Å². The number of carbonyl (C=O) groups excluding carboxylic acids is 2. The van der Waals surface area contributed by atoms with Gasteiger partial charge >= 0.3 is 11.9 Å². The van der Waals surface area contributed by atoms with Gasteiger partial charge in [0.05, 0.1) is 20.3 Å². The number of rotatable bonds is 5. The normalized spacial score (nSPS) is 11.1. The molecule has 0 bridgehead atoms. The van der Waals surface area contributed by atoms with Crippen LogP contribution in [-0.4, -0.2) is 26.2 Å². The van der Waals surface area contributed by atoms with Crippen molar-refractivity contribution in [1.29, 1.82) is 0 Å². The van der Waals surface area contributed by atoms with Crippen molar-refractivity contribution in [2.75, 3.05) is 19.5 Å². The molecular formula is C22H19NO4. The molecular weight excluding hydrogens is 342 g/mol. The van der Waals surface area contributed by atoms with E-state index in [2.05, 4.69) is 28.3 Å². The van der Waals surface area contributed by atoms with Crippen LogP contribution in [0.2, 0.25) is 0 Å². The summed E-state index contributed by atoms with van der Waals surface area (Å²) >= 11 is 0. The summed E-state index contributed by atoms with van der Waals surface area (Å²) in [4.78, 5) is 23.5. The molecule has 0 atom stereocenters. The van der Waals surface area contributed by atoms with Crippen LogP contribution < -0.4 is 5.32 Å². The first-order valence-corrected chi connectivity index (χ1v) is 8.35. The fourth-order valence-electron chi connectivity index (χ4n) is 2.83. The standard InChI is InChI=1S/C22H19NO4/c1-26-21(24)14-20(22(25)27-2)23-17-10-5-9-16(13-17)19-12-6-8-15-7-3-4-11-18(15)19/h3-14,23H,1-2H3/b20-14+. The molecule has 0 spiro atoms. The van der Waals surface area contributed by atoms with Crippen LogP contribution in [0.5, 0.6) is 0 Å². The maximum atomic E-state index is 11.9. The summed E-state index contributed by atoms with van der Waals surface area (Å²) < 4.78 is 9.32. The van der Waals surface area contributed by atoms with Crippen LogP contribution in [0.3, 0.4) is 0 Å². The molecule has 136 valence electrons. The van der Waals surface area contributed by atoms with Crippen LogP contribution >= 0.6 is 0 Å². The van der Waals surface area contributed by atoms with Crippen molar-refractivity contribution in [2.24, 2.45) is 0 Å². The maximum absolute atomic E-state index is 11.9. The third-order valence-electron chi connectivity index (χ3n) is 4.11. The molecule has 0 aliphatic rings. The van der Waals surface area contributed by atoms with E-state index in [-0.39, 0.29) is 5.70 Å². The highest BCUT2D eigenvalue weighted by Gasteiger charge is 2.13. The second kappa shape index (κ2) is 8.19. The van der Waals surface area contributed by atoms with Gasteiger partial charge in [-0.2, -0.15) is 0 Å². The minimum Gasteiger partial charge on any atom is -0.466 e. The average molecular weight is 361 g/mol. The van der Waals surface area contributed by atoms with E-state index >= 15 is 0 Å². The first kappa shape index (κ1) is 18.2. The first-order valence-electron chi connectivity index (χ1n) is 8.35. The van der Waals surface area contributed by atoms with Crippen molar-refractivity contribution in [3.8, 4) is 11.1 Å². The fourth-order valence-corrected chi connectivity index (χ4v) is 2.83. The van der Waals surface area contributed by atoms with E-state index in [4.69, 9.17) is 4.74 Å². The van der Waals surface area contributed by atoms with Crippen molar-refractivity contribution in [3.63, 3.8) is 0 Å². The zero-order valence-electron chi connectivity index (χ0n) is 15.1. The van der Waals surface area contributed by atoms with Crippen molar-refractivity contribution in [2.45, 2.75) is 0 Å². The summed E-state index contributed by atoms with van der Waals surface area (Å²) in [6.45, 7) is 0. The van der Waals surface area contributed by atoms with Gasteiger partial charge in [0.1, 0.15) is 5.70 Å². The number of hydrogen-bond donors (Lipinski definition) is 1. The smallest absolute Gasteiger partial charge is 0.354 e. The van der Waals surface area contributed by atoms with E-state index in [1.165, 1.54) is 14.2 Å². The van der Waals surface area contributed by atoms with Gasteiger partial charge < -0.3 is 14.8 Å². The molecule has 5 heteroatoms. The number of nitrogens with one attached hydrogen (secondary N) is 1. The van der Waals surface area contributed by atoms with Crippen LogP contribution in [0.1, 0.15) is 0 Å². The molecule has 0 aromatic heterocycles. The van der Waals surface area contributed by atoms with Crippen LogP contribution in [0.15, 0.2) is 78.5 Å². The fraction of sp³-hybridized carbons (Fsp3) is 0.0909. The Hall–Kier alpha value is -3.60. The van der Waals surface area contributed by atoms with E-state index in [1.54, 1.807) is 0 Å². The Morgan fingerprint density at radius 3 is 2.41 bits per heavy atom. The summed E-state index contributed by atoms with van der Waals surface area (Å²) in [6, 6.07) is 21.9. The zero-order valence-corrected chi connectivity index (χ0v) is 15.1. The molecule has 0 aliphatic carbocycles. The number of carbonyl (C=O) groups is 2. The highest BCUT2D eigenvalue weighted by molar-refractivity contribution is 6.00. The topological polar surface area (TPSA) is 64.6 Å². The molecule has 0 amide bonds. The Morgan fingerprint density at radius 1 is 0.889 bits per heavy atom. The third kappa shape index (κ3) is 4.15. The highest BCUT2D eigenvalue weighted by Crippen LogP contribution is 2.30. The van der Waals surface area contributed by atoms with Gasteiger partial charge in [0.15, 0.2) is 0 Å². The van der Waals surface area contributed by atoms with Gasteiger partial charge in [-0.05, 0) is 34.0 Å². The quantitative estimate of drug-likeness (QED) is 0.546. The summed E-state index contributed by atoms with van der Waals surface area (Å²) in [5, 5.41) is 5.22. The van der Waals surface area contributed by atoms with E-state index in [0.29, 0.717) is 5.69 Å². The van der Waals surface area contributed by atoms with Crippen LogP contribution in [0, 0.1) is 0 Å². The molecule has 5 nitrogen and oxygen atoms in total. The van der Waals surface area contributed by atoms with Gasteiger partial charge in [-0.3, -0.25) is 0 Å². The van der Waals surface area contributed by atoms with Gasteiger partial charge in [0, 0.05) is 5.69 Å². The number of ether oxygens (including phenoxy) is 2. The molecule has 3 rings (SSSR count). The molecule has 1 N–H and O–H groups in total. The number of esters is 2. The molecule has 0 heterocycles. The monoisotopic (exact) mass is 361 g/mol. The third-order valence-corrected chi connectivity index (χ3v) is 4.11. The minimum atomic E-state index is -0.657. The first-order chi connectivity index (χ1) is 13.1. The summed E-state index contributed by atoms with van der Waals surface area (Å²) in [5.74, 6) is -1.30. The molecule has 0 aliphatic heterocycles. The number of fused-ring (bicyclic) bond motifs is 1. The highest BCUT2D eigenvalue weighted by atomic mass is 16.5. The van der Waals surface area contributed by atoms with Crippen LogP contribution in [0.4, 0.5) is 5.69 Å².